The second kappa shape index (κ2) is 8.05. The molecule has 1 fully saturated rings. The Morgan fingerprint density at radius 2 is 2.36 bits per heavy atom. The van der Waals surface area contributed by atoms with E-state index in [2.05, 4.69) is 20.4 Å². The van der Waals surface area contributed by atoms with Crippen molar-refractivity contribution in [3.8, 4) is 11.5 Å². The highest BCUT2D eigenvalue weighted by atomic mass is 32.1. The van der Waals surface area contributed by atoms with Crippen molar-refractivity contribution in [2.45, 2.75) is 26.3 Å². The van der Waals surface area contributed by atoms with Gasteiger partial charge in [0.1, 0.15) is 10.8 Å². The van der Waals surface area contributed by atoms with Crippen LogP contribution in [0.5, 0.6) is 0 Å². The third kappa shape index (κ3) is 4.04. The Labute approximate surface area is 165 Å². The summed E-state index contributed by atoms with van der Waals surface area (Å²) in [6, 6.07) is 4.87. The van der Waals surface area contributed by atoms with E-state index in [1.165, 1.54) is 17.4 Å². The van der Waals surface area contributed by atoms with Gasteiger partial charge < -0.3 is 14.7 Å². The molecule has 1 N–H and O–H groups in total. The molecule has 0 spiro atoms. The Kier molecular flexibility index (Phi) is 5.34. The zero-order valence-corrected chi connectivity index (χ0v) is 16.2. The van der Waals surface area contributed by atoms with Gasteiger partial charge in [-0.3, -0.25) is 4.79 Å². The molecule has 1 amide bonds. The second-order valence-electron chi connectivity index (χ2n) is 6.74. The Hall–Kier alpha value is -2.81. The van der Waals surface area contributed by atoms with Crippen LogP contribution < -0.4 is 10.2 Å². The van der Waals surface area contributed by atoms with Gasteiger partial charge in [-0.15, -0.1) is 11.3 Å². The molecule has 9 heteroatoms. The van der Waals surface area contributed by atoms with E-state index in [0.717, 1.165) is 17.8 Å². The van der Waals surface area contributed by atoms with Crippen LogP contribution in [-0.2, 0) is 11.3 Å². The molecule has 0 aliphatic carbocycles. The summed E-state index contributed by atoms with van der Waals surface area (Å²) in [5, 5.41) is 9.42. The second-order valence-corrected chi connectivity index (χ2v) is 7.72. The molecule has 1 atom stereocenters. The van der Waals surface area contributed by atoms with Crippen molar-refractivity contribution in [2.75, 3.05) is 18.0 Å². The van der Waals surface area contributed by atoms with Crippen molar-refractivity contribution in [2.24, 2.45) is 5.92 Å². The van der Waals surface area contributed by atoms with Gasteiger partial charge >= 0.3 is 0 Å². The van der Waals surface area contributed by atoms with Gasteiger partial charge in [-0.25, -0.2) is 9.37 Å². The maximum Gasteiger partial charge on any atom is 0.258 e. The highest BCUT2D eigenvalue weighted by molar-refractivity contribution is 7.09. The summed E-state index contributed by atoms with van der Waals surface area (Å²) < 4.78 is 19.8. The standard InChI is InChI=1S/C19H20FN5O2S/c1-12-23-19(27-24-12)13-4-5-16(15(20)9-13)25-7-2-3-14(11-25)18(26)22-10-17-21-6-8-28-17/h4-6,8-9,14H,2-3,7,10-11H2,1H3,(H,22,26). The molecule has 1 aliphatic rings. The maximum absolute atomic E-state index is 14.8. The van der Waals surface area contributed by atoms with Crippen LogP contribution in [-0.4, -0.2) is 34.1 Å². The van der Waals surface area contributed by atoms with Gasteiger partial charge in [-0.05, 0) is 38.0 Å². The summed E-state index contributed by atoms with van der Waals surface area (Å²) in [5.74, 6) is 0.241. The van der Waals surface area contributed by atoms with Crippen LogP contribution in [0.3, 0.4) is 0 Å². The average molecular weight is 401 g/mol. The summed E-state index contributed by atoms with van der Waals surface area (Å²) in [7, 11) is 0. The Balaban J connectivity index is 1.43. The van der Waals surface area contributed by atoms with Crippen molar-refractivity contribution in [3.63, 3.8) is 0 Å². The highest BCUT2D eigenvalue weighted by Crippen LogP contribution is 2.29. The van der Waals surface area contributed by atoms with Crippen molar-refractivity contribution >= 4 is 22.9 Å². The highest BCUT2D eigenvalue weighted by Gasteiger charge is 2.27. The first kappa shape index (κ1) is 18.5. The molecule has 2 aromatic heterocycles. The number of nitrogens with one attached hydrogen (secondary N) is 1. The van der Waals surface area contributed by atoms with E-state index in [-0.39, 0.29) is 17.6 Å². The molecule has 1 saturated heterocycles. The number of aromatic nitrogens is 3. The molecule has 3 aromatic rings. The lowest BCUT2D eigenvalue weighted by Crippen LogP contribution is -2.43. The number of piperidine rings is 1. The third-order valence-corrected chi connectivity index (χ3v) is 5.53. The Morgan fingerprint density at radius 3 is 3.07 bits per heavy atom. The van der Waals surface area contributed by atoms with Crippen LogP contribution in [0.15, 0.2) is 34.3 Å². The summed E-state index contributed by atoms with van der Waals surface area (Å²) in [6.07, 6.45) is 3.34. The molecule has 1 aromatic carbocycles. The number of hydrogen-bond acceptors (Lipinski definition) is 7. The van der Waals surface area contributed by atoms with Crippen LogP contribution in [0, 0.1) is 18.7 Å². The van der Waals surface area contributed by atoms with Crippen LogP contribution in [0.1, 0.15) is 23.7 Å². The van der Waals surface area contributed by atoms with Crippen molar-refractivity contribution in [1.82, 2.24) is 20.4 Å². The molecule has 0 radical (unpaired) electrons. The normalized spacial score (nSPS) is 16.9. The van der Waals surface area contributed by atoms with Crippen LogP contribution >= 0.6 is 11.3 Å². The lowest BCUT2D eigenvalue weighted by atomic mass is 9.96. The van der Waals surface area contributed by atoms with Gasteiger partial charge in [-0.1, -0.05) is 5.16 Å². The Bertz CT molecular complexity index is 959. The number of anilines is 1. The molecule has 1 unspecified atom stereocenters. The Morgan fingerprint density at radius 1 is 1.46 bits per heavy atom. The summed E-state index contributed by atoms with van der Waals surface area (Å²) in [4.78, 5) is 22.7. The van der Waals surface area contributed by atoms with Gasteiger partial charge in [0, 0.05) is 30.2 Å². The molecular weight excluding hydrogens is 381 g/mol. The van der Waals surface area contributed by atoms with Crippen molar-refractivity contribution in [3.05, 3.63) is 46.4 Å². The number of amides is 1. The van der Waals surface area contributed by atoms with E-state index in [9.17, 15) is 9.18 Å². The number of carbonyl (C=O) groups excluding carboxylic acids is 1. The monoisotopic (exact) mass is 401 g/mol. The number of aryl methyl sites for hydroxylation is 1. The quantitative estimate of drug-likeness (QED) is 0.707. The first-order valence-corrected chi connectivity index (χ1v) is 9.99. The molecule has 4 rings (SSSR count). The lowest BCUT2D eigenvalue weighted by molar-refractivity contribution is -0.125. The number of hydrogen-bond donors (Lipinski definition) is 1. The van der Waals surface area contributed by atoms with Gasteiger partial charge in [0.15, 0.2) is 5.82 Å². The van der Waals surface area contributed by atoms with E-state index in [0.29, 0.717) is 42.6 Å². The van der Waals surface area contributed by atoms with Crippen LogP contribution in [0.2, 0.25) is 0 Å². The number of halogens is 1. The molecule has 1 aliphatic heterocycles. The lowest BCUT2D eigenvalue weighted by Gasteiger charge is -2.34. The summed E-state index contributed by atoms with van der Waals surface area (Å²) in [5.41, 5.74) is 1.02. The van der Waals surface area contributed by atoms with E-state index in [1.807, 2.05) is 10.3 Å². The minimum absolute atomic E-state index is 0.0155. The van der Waals surface area contributed by atoms with Gasteiger partial charge in [0.05, 0.1) is 18.2 Å². The molecule has 0 bridgehead atoms. The number of carbonyl (C=O) groups is 1. The molecule has 146 valence electrons. The molecule has 28 heavy (non-hydrogen) atoms. The first-order valence-electron chi connectivity index (χ1n) is 9.11. The topological polar surface area (TPSA) is 84.2 Å². The zero-order valence-electron chi connectivity index (χ0n) is 15.4. The largest absolute Gasteiger partial charge is 0.368 e. The average Bonchev–Trinajstić information content (AvgIpc) is 3.38. The van der Waals surface area contributed by atoms with Gasteiger partial charge in [0.25, 0.3) is 5.89 Å². The predicted molar refractivity (Wildman–Crippen MR) is 103 cm³/mol. The molecule has 3 heterocycles. The third-order valence-electron chi connectivity index (χ3n) is 4.75. The molecular formula is C19H20FN5O2S. The minimum Gasteiger partial charge on any atom is -0.368 e. The predicted octanol–water partition coefficient (Wildman–Crippen LogP) is 3.17. The first-order chi connectivity index (χ1) is 13.6. The fraction of sp³-hybridized carbons (Fsp3) is 0.368. The molecule has 0 saturated carbocycles. The fourth-order valence-electron chi connectivity index (χ4n) is 3.37. The van der Waals surface area contributed by atoms with E-state index < -0.39 is 0 Å². The van der Waals surface area contributed by atoms with E-state index in [1.54, 1.807) is 25.3 Å². The summed E-state index contributed by atoms with van der Waals surface area (Å²) in [6.45, 7) is 3.34. The van der Waals surface area contributed by atoms with Gasteiger partial charge in [0.2, 0.25) is 5.91 Å². The van der Waals surface area contributed by atoms with Crippen molar-refractivity contribution in [1.29, 1.82) is 0 Å². The minimum atomic E-state index is -0.364. The number of benzene rings is 1. The summed E-state index contributed by atoms with van der Waals surface area (Å²) >= 11 is 1.51. The van der Waals surface area contributed by atoms with E-state index >= 15 is 0 Å². The maximum atomic E-state index is 14.8. The fourth-order valence-corrected chi connectivity index (χ4v) is 3.92. The van der Waals surface area contributed by atoms with E-state index in [4.69, 9.17) is 4.52 Å². The number of rotatable bonds is 5. The van der Waals surface area contributed by atoms with Crippen molar-refractivity contribution < 1.29 is 13.7 Å². The van der Waals surface area contributed by atoms with Crippen LogP contribution in [0.4, 0.5) is 10.1 Å². The smallest absolute Gasteiger partial charge is 0.258 e. The van der Waals surface area contributed by atoms with Crippen LogP contribution in [0.25, 0.3) is 11.5 Å². The molecule has 7 nitrogen and oxygen atoms in total. The number of nitrogens with zero attached hydrogens (tertiary/aromatic N) is 4. The SMILES string of the molecule is Cc1noc(-c2ccc(N3CCCC(C(=O)NCc4nccs4)C3)c(F)c2)n1. The number of thiazole rings is 1. The zero-order chi connectivity index (χ0) is 19.5. The van der Waals surface area contributed by atoms with Gasteiger partial charge in [-0.2, -0.15) is 4.98 Å².